The zero-order valence-electron chi connectivity index (χ0n) is 14.5. The van der Waals surface area contributed by atoms with Gasteiger partial charge in [0.15, 0.2) is 5.69 Å². The molecule has 0 spiro atoms. The van der Waals surface area contributed by atoms with Crippen molar-refractivity contribution in [3.63, 3.8) is 0 Å². The summed E-state index contributed by atoms with van der Waals surface area (Å²) in [4.78, 5) is 17.9. The Kier molecular flexibility index (Phi) is 8.27. The Morgan fingerprint density at radius 1 is 1.36 bits per heavy atom. The van der Waals surface area contributed by atoms with Crippen molar-refractivity contribution in [2.45, 2.75) is 45.7 Å². The number of amides is 1. The lowest BCUT2D eigenvalue weighted by molar-refractivity contribution is 0.0934. The average Bonchev–Trinajstić information content (AvgIpc) is 3.14. The normalized spacial score (nSPS) is 15.8. The van der Waals surface area contributed by atoms with Gasteiger partial charge in [-0.1, -0.05) is 5.21 Å². The summed E-state index contributed by atoms with van der Waals surface area (Å²) in [6, 6.07) is 0.189. The van der Waals surface area contributed by atoms with Gasteiger partial charge in [-0.2, -0.15) is 0 Å². The van der Waals surface area contributed by atoms with E-state index in [-0.39, 0.29) is 36.8 Å². The fraction of sp³-hybridized carbons (Fsp3) is 0.600. The van der Waals surface area contributed by atoms with Gasteiger partial charge in [0.2, 0.25) is 0 Å². The molecule has 0 aromatic carbocycles. The SMILES string of the molecule is Cc1cnc(C(C)NC(=O)c2nnn(C3CCNCC3)c2C)s1.Cl.Cl. The molecule has 0 aliphatic carbocycles. The molecule has 140 valence electrons. The minimum absolute atomic E-state index is 0. The first-order valence-corrected chi connectivity index (χ1v) is 8.73. The lowest BCUT2D eigenvalue weighted by atomic mass is 10.1. The second-order valence-electron chi connectivity index (χ2n) is 5.95. The number of thiazole rings is 1. The number of aryl methyl sites for hydroxylation is 1. The van der Waals surface area contributed by atoms with Gasteiger partial charge in [0.1, 0.15) is 5.01 Å². The number of hydrogen-bond donors (Lipinski definition) is 2. The number of hydrogen-bond acceptors (Lipinski definition) is 6. The summed E-state index contributed by atoms with van der Waals surface area (Å²) in [5, 5.41) is 15.5. The van der Waals surface area contributed by atoms with Crippen LogP contribution in [0.2, 0.25) is 0 Å². The zero-order chi connectivity index (χ0) is 16.4. The van der Waals surface area contributed by atoms with Gasteiger partial charge in [-0.25, -0.2) is 9.67 Å². The molecule has 3 rings (SSSR count). The number of carbonyl (C=O) groups is 1. The highest BCUT2D eigenvalue weighted by molar-refractivity contribution is 7.11. The fourth-order valence-electron chi connectivity index (χ4n) is 2.85. The standard InChI is InChI=1S/C15H22N6OS.2ClH/c1-9-8-17-15(23-9)10(2)18-14(22)13-11(3)21(20-19-13)12-4-6-16-7-5-12;;/h8,10,12,16H,4-7H2,1-3H3,(H,18,22);2*1H. The minimum atomic E-state index is -0.192. The highest BCUT2D eigenvalue weighted by Gasteiger charge is 2.24. The van der Waals surface area contributed by atoms with Crippen LogP contribution in [-0.4, -0.2) is 39.0 Å². The van der Waals surface area contributed by atoms with Crippen molar-refractivity contribution < 1.29 is 4.79 Å². The van der Waals surface area contributed by atoms with Gasteiger partial charge in [-0.05, 0) is 46.7 Å². The van der Waals surface area contributed by atoms with Crippen LogP contribution in [0.4, 0.5) is 0 Å². The van der Waals surface area contributed by atoms with Gasteiger partial charge in [0.05, 0.1) is 17.8 Å². The molecule has 1 saturated heterocycles. The largest absolute Gasteiger partial charge is 0.342 e. The first-order valence-electron chi connectivity index (χ1n) is 7.92. The van der Waals surface area contributed by atoms with Crippen LogP contribution in [-0.2, 0) is 0 Å². The quantitative estimate of drug-likeness (QED) is 0.814. The maximum absolute atomic E-state index is 12.5. The molecule has 0 radical (unpaired) electrons. The van der Waals surface area contributed by atoms with Crippen LogP contribution in [0.1, 0.15) is 57.9 Å². The third-order valence-electron chi connectivity index (χ3n) is 4.15. The van der Waals surface area contributed by atoms with E-state index in [2.05, 4.69) is 25.9 Å². The predicted molar refractivity (Wildman–Crippen MR) is 103 cm³/mol. The van der Waals surface area contributed by atoms with E-state index >= 15 is 0 Å². The first kappa shape index (κ1) is 21.8. The van der Waals surface area contributed by atoms with Crippen LogP contribution in [0.25, 0.3) is 0 Å². The van der Waals surface area contributed by atoms with Gasteiger partial charge >= 0.3 is 0 Å². The van der Waals surface area contributed by atoms with E-state index in [1.807, 2.05) is 31.6 Å². The molecule has 1 atom stereocenters. The maximum atomic E-state index is 12.5. The van der Waals surface area contributed by atoms with Gasteiger partial charge in [-0.15, -0.1) is 41.2 Å². The third kappa shape index (κ3) is 4.91. The van der Waals surface area contributed by atoms with Crippen molar-refractivity contribution in [3.05, 3.63) is 27.5 Å². The molecule has 10 heteroatoms. The van der Waals surface area contributed by atoms with Gasteiger partial charge in [-0.3, -0.25) is 4.79 Å². The Balaban J connectivity index is 0.00000156. The summed E-state index contributed by atoms with van der Waals surface area (Å²) in [7, 11) is 0. The van der Waals surface area contributed by atoms with Gasteiger partial charge in [0.25, 0.3) is 5.91 Å². The van der Waals surface area contributed by atoms with E-state index in [4.69, 9.17) is 0 Å². The number of piperidine rings is 1. The van der Waals surface area contributed by atoms with Crippen molar-refractivity contribution in [1.82, 2.24) is 30.6 Å². The molecule has 1 aliphatic rings. The fourth-order valence-corrected chi connectivity index (χ4v) is 3.62. The van der Waals surface area contributed by atoms with Gasteiger partial charge < -0.3 is 10.6 Å². The molecule has 0 saturated carbocycles. The van der Waals surface area contributed by atoms with Crippen molar-refractivity contribution in [2.75, 3.05) is 13.1 Å². The first-order chi connectivity index (χ1) is 11.1. The zero-order valence-corrected chi connectivity index (χ0v) is 16.9. The van der Waals surface area contributed by atoms with Crippen molar-refractivity contribution >= 4 is 42.1 Å². The summed E-state index contributed by atoms with van der Waals surface area (Å²) in [5.74, 6) is -0.192. The second-order valence-corrected chi connectivity index (χ2v) is 7.22. The van der Waals surface area contributed by atoms with E-state index in [1.165, 1.54) is 0 Å². The molecule has 2 aromatic rings. The predicted octanol–water partition coefficient (Wildman–Crippen LogP) is 2.61. The molecule has 1 fully saturated rings. The summed E-state index contributed by atoms with van der Waals surface area (Å²) in [5.41, 5.74) is 1.24. The van der Waals surface area contributed by atoms with Crippen LogP contribution in [0.15, 0.2) is 6.20 Å². The molecule has 25 heavy (non-hydrogen) atoms. The Morgan fingerprint density at radius 2 is 2.04 bits per heavy atom. The molecule has 2 N–H and O–H groups in total. The third-order valence-corrected chi connectivity index (χ3v) is 5.25. The molecule has 7 nitrogen and oxygen atoms in total. The molecular formula is C15H24Cl2N6OS. The Morgan fingerprint density at radius 3 is 2.64 bits per heavy atom. The van der Waals surface area contributed by atoms with E-state index in [9.17, 15) is 4.79 Å². The lowest BCUT2D eigenvalue weighted by Gasteiger charge is -2.23. The molecule has 0 bridgehead atoms. The number of carbonyl (C=O) groups excluding carboxylic acids is 1. The number of nitrogens with zero attached hydrogens (tertiary/aromatic N) is 4. The number of nitrogens with one attached hydrogen (secondary N) is 2. The molecule has 3 heterocycles. The second kappa shape index (κ2) is 9.47. The summed E-state index contributed by atoms with van der Waals surface area (Å²) >= 11 is 1.59. The highest BCUT2D eigenvalue weighted by atomic mass is 35.5. The van der Waals surface area contributed by atoms with Crippen molar-refractivity contribution in [2.24, 2.45) is 0 Å². The molecule has 2 aromatic heterocycles. The van der Waals surface area contributed by atoms with Crippen LogP contribution < -0.4 is 10.6 Å². The van der Waals surface area contributed by atoms with E-state index in [0.29, 0.717) is 11.7 Å². The van der Waals surface area contributed by atoms with Crippen molar-refractivity contribution in [3.8, 4) is 0 Å². The maximum Gasteiger partial charge on any atom is 0.274 e. The Labute approximate surface area is 163 Å². The van der Waals surface area contributed by atoms with Gasteiger partial charge in [0, 0.05) is 11.1 Å². The number of rotatable bonds is 4. The topological polar surface area (TPSA) is 84.7 Å². The molecule has 1 unspecified atom stereocenters. The smallest absolute Gasteiger partial charge is 0.274 e. The summed E-state index contributed by atoms with van der Waals surface area (Å²) in [6.45, 7) is 7.81. The molecular weight excluding hydrogens is 383 g/mol. The summed E-state index contributed by atoms with van der Waals surface area (Å²) in [6.07, 6.45) is 3.85. The highest BCUT2D eigenvalue weighted by Crippen LogP contribution is 2.22. The Hall–Kier alpha value is -1.22. The van der Waals surface area contributed by atoms with Crippen LogP contribution in [0, 0.1) is 13.8 Å². The monoisotopic (exact) mass is 406 g/mol. The number of halogens is 2. The van der Waals surface area contributed by atoms with Crippen molar-refractivity contribution in [1.29, 1.82) is 0 Å². The molecule has 1 amide bonds. The van der Waals surface area contributed by atoms with E-state index in [1.54, 1.807) is 11.3 Å². The van der Waals surface area contributed by atoms with E-state index in [0.717, 1.165) is 41.5 Å². The van der Waals surface area contributed by atoms with Crippen LogP contribution >= 0.6 is 36.2 Å². The van der Waals surface area contributed by atoms with Crippen LogP contribution in [0.3, 0.4) is 0 Å². The average molecular weight is 407 g/mol. The minimum Gasteiger partial charge on any atom is -0.342 e. The molecule has 1 aliphatic heterocycles. The summed E-state index contributed by atoms with van der Waals surface area (Å²) < 4.78 is 1.90. The van der Waals surface area contributed by atoms with E-state index < -0.39 is 0 Å². The number of aromatic nitrogens is 4. The Bertz CT molecular complexity index is 698. The lowest BCUT2D eigenvalue weighted by Crippen LogP contribution is -2.30. The van der Waals surface area contributed by atoms with Crippen LogP contribution in [0.5, 0.6) is 0 Å².